The third-order valence-corrected chi connectivity index (χ3v) is 6.67. The van der Waals surface area contributed by atoms with E-state index in [0.717, 1.165) is 5.69 Å². The highest BCUT2D eigenvalue weighted by molar-refractivity contribution is 5.93. The van der Waals surface area contributed by atoms with E-state index in [4.69, 9.17) is 0 Å². The monoisotopic (exact) mass is 445 g/mol. The number of fused-ring (bicyclic) bond motifs is 1. The average Bonchev–Trinajstić information content (AvgIpc) is 3.16. The van der Waals surface area contributed by atoms with E-state index in [1.807, 2.05) is 0 Å². The maximum atomic E-state index is 3.92. The van der Waals surface area contributed by atoms with Crippen molar-refractivity contribution < 1.29 is 0 Å². The maximum absolute atomic E-state index is 3.92. The number of hydrogen-bond acceptors (Lipinski definition) is 2. The van der Waals surface area contributed by atoms with Crippen molar-refractivity contribution in [2.45, 2.75) is 13.0 Å². The summed E-state index contributed by atoms with van der Waals surface area (Å²) in [6, 6.07) is 36.9. The molecule has 0 saturated heterocycles. The first-order valence-corrected chi connectivity index (χ1v) is 11.8. The smallest absolute Gasteiger partial charge is 0.0794 e. The zero-order valence-corrected chi connectivity index (χ0v) is 20.3. The third-order valence-electron chi connectivity index (χ3n) is 6.67. The topological polar surface area (TPSA) is 20.2 Å². The van der Waals surface area contributed by atoms with Crippen LogP contribution in [0.4, 0.5) is 11.4 Å². The van der Waals surface area contributed by atoms with Crippen LogP contribution in [0.25, 0.3) is 22.2 Å². The predicted octanol–water partition coefficient (Wildman–Crippen LogP) is 7.42. The molecule has 3 heteroatoms. The van der Waals surface area contributed by atoms with Crippen LogP contribution in [0.3, 0.4) is 0 Å². The van der Waals surface area contributed by atoms with Crippen LogP contribution >= 0.6 is 0 Å². The van der Waals surface area contributed by atoms with Gasteiger partial charge in [-0.3, -0.25) is 0 Å². The number of para-hydroxylation sites is 2. The summed E-state index contributed by atoms with van der Waals surface area (Å²) in [5.41, 5.74) is 9.81. The molecular formula is C31H31N3. The average molecular weight is 446 g/mol. The third kappa shape index (κ3) is 3.94. The van der Waals surface area contributed by atoms with Crippen LogP contribution in [-0.4, -0.2) is 18.7 Å². The molecule has 1 atom stereocenters. The van der Waals surface area contributed by atoms with E-state index in [1.165, 1.54) is 44.5 Å². The summed E-state index contributed by atoms with van der Waals surface area (Å²) in [4.78, 5) is 2.14. The van der Waals surface area contributed by atoms with Gasteiger partial charge in [-0.05, 0) is 47.9 Å². The lowest BCUT2D eigenvalue weighted by atomic mass is 9.92. The Hall–Kier alpha value is -3.98. The summed E-state index contributed by atoms with van der Waals surface area (Å²) in [6.07, 6.45) is 0. The lowest BCUT2D eigenvalue weighted by Crippen LogP contribution is -2.15. The molecule has 0 saturated carbocycles. The Labute approximate surface area is 202 Å². The zero-order chi connectivity index (χ0) is 23.7. The van der Waals surface area contributed by atoms with Gasteiger partial charge in [0.15, 0.2) is 0 Å². The van der Waals surface area contributed by atoms with Crippen molar-refractivity contribution in [3.8, 4) is 11.3 Å². The molecule has 1 N–H and O–H groups in total. The van der Waals surface area contributed by atoms with Crippen molar-refractivity contribution in [3.05, 3.63) is 120 Å². The SMILES string of the molecule is Cc1ccccc1NC(c1ccc(N(C)C)cc1)c1c(-c2ccccc2)n(C)c2ccccc12. The quantitative estimate of drug-likeness (QED) is 0.293. The van der Waals surface area contributed by atoms with Crippen LogP contribution in [0.2, 0.25) is 0 Å². The van der Waals surface area contributed by atoms with Crippen LogP contribution in [0.5, 0.6) is 0 Å². The molecule has 170 valence electrons. The van der Waals surface area contributed by atoms with E-state index in [-0.39, 0.29) is 6.04 Å². The second-order valence-corrected chi connectivity index (χ2v) is 9.08. The fraction of sp³-hybridized carbons (Fsp3) is 0.161. The summed E-state index contributed by atoms with van der Waals surface area (Å²) in [7, 11) is 6.33. The minimum absolute atomic E-state index is 0.0152. The number of aromatic nitrogens is 1. The standard InChI is InChI=1S/C31H31N3/c1-22-12-8-10-16-27(22)32-30(23-18-20-25(21-19-23)33(2)3)29-26-15-9-11-17-28(26)34(4)31(29)24-13-6-5-7-14-24/h5-21,30,32H,1-4H3. The van der Waals surface area contributed by atoms with E-state index >= 15 is 0 Å². The first-order chi connectivity index (χ1) is 16.5. The minimum atomic E-state index is -0.0152. The molecule has 1 unspecified atom stereocenters. The molecule has 5 rings (SSSR count). The van der Waals surface area contributed by atoms with Gasteiger partial charge in [-0.25, -0.2) is 0 Å². The van der Waals surface area contributed by atoms with Gasteiger partial charge in [0.2, 0.25) is 0 Å². The molecule has 0 fully saturated rings. The summed E-state index contributed by atoms with van der Waals surface area (Å²) in [6.45, 7) is 2.16. The first kappa shape index (κ1) is 21.8. The number of anilines is 2. The molecular weight excluding hydrogens is 414 g/mol. The molecule has 3 nitrogen and oxygen atoms in total. The number of nitrogens with zero attached hydrogens (tertiary/aromatic N) is 2. The van der Waals surface area contributed by atoms with Crippen molar-refractivity contribution in [2.75, 3.05) is 24.3 Å². The number of aryl methyl sites for hydroxylation is 2. The van der Waals surface area contributed by atoms with Crippen LogP contribution < -0.4 is 10.2 Å². The largest absolute Gasteiger partial charge is 0.378 e. The molecule has 0 aliphatic carbocycles. The Morgan fingerprint density at radius 2 is 1.38 bits per heavy atom. The molecule has 0 aliphatic rings. The fourth-order valence-electron chi connectivity index (χ4n) is 4.84. The number of nitrogens with one attached hydrogen (secondary N) is 1. The molecule has 34 heavy (non-hydrogen) atoms. The molecule has 0 aliphatic heterocycles. The number of benzene rings is 4. The molecule has 4 aromatic carbocycles. The summed E-state index contributed by atoms with van der Waals surface area (Å²) in [5.74, 6) is 0. The first-order valence-electron chi connectivity index (χ1n) is 11.8. The Balaban J connectivity index is 1.78. The van der Waals surface area contributed by atoms with Crippen molar-refractivity contribution in [1.82, 2.24) is 4.57 Å². The molecule has 0 radical (unpaired) electrons. The van der Waals surface area contributed by atoms with Gasteiger partial charge in [0.1, 0.15) is 0 Å². The van der Waals surface area contributed by atoms with Crippen LogP contribution in [0, 0.1) is 6.92 Å². The van der Waals surface area contributed by atoms with Crippen molar-refractivity contribution >= 4 is 22.3 Å². The Kier molecular flexibility index (Phi) is 5.85. The highest BCUT2D eigenvalue weighted by Gasteiger charge is 2.25. The predicted molar refractivity (Wildman–Crippen MR) is 146 cm³/mol. The number of hydrogen-bond donors (Lipinski definition) is 1. The van der Waals surface area contributed by atoms with Gasteiger partial charge in [-0.15, -0.1) is 0 Å². The van der Waals surface area contributed by atoms with Crippen molar-refractivity contribution in [1.29, 1.82) is 0 Å². The molecule has 0 amide bonds. The minimum Gasteiger partial charge on any atom is -0.378 e. The van der Waals surface area contributed by atoms with Crippen LogP contribution in [-0.2, 0) is 7.05 Å². The van der Waals surface area contributed by atoms with E-state index in [9.17, 15) is 0 Å². The maximum Gasteiger partial charge on any atom is 0.0794 e. The van der Waals surface area contributed by atoms with E-state index in [2.05, 4.69) is 146 Å². The Morgan fingerprint density at radius 3 is 2.09 bits per heavy atom. The van der Waals surface area contributed by atoms with Crippen LogP contribution in [0.1, 0.15) is 22.7 Å². The van der Waals surface area contributed by atoms with Crippen molar-refractivity contribution in [3.63, 3.8) is 0 Å². The Bertz CT molecular complexity index is 1410. The molecule has 0 bridgehead atoms. The highest BCUT2D eigenvalue weighted by Crippen LogP contribution is 2.41. The van der Waals surface area contributed by atoms with Gasteiger partial charge in [0, 0.05) is 49.0 Å². The van der Waals surface area contributed by atoms with E-state index in [0.29, 0.717) is 0 Å². The van der Waals surface area contributed by atoms with E-state index < -0.39 is 0 Å². The van der Waals surface area contributed by atoms with Gasteiger partial charge in [-0.1, -0.05) is 78.9 Å². The molecule has 1 heterocycles. The van der Waals surface area contributed by atoms with Gasteiger partial charge in [0.05, 0.1) is 11.7 Å². The fourth-order valence-corrected chi connectivity index (χ4v) is 4.84. The normalized spacial score (nSPS) is 12.0. The second kappa shape index (κ2) is 9.11. The van der Waals surface area contributed by atoms with Gasteiger partial charge >= 0.3 is 0 Å². The second-order valence-electron chi connectivity index (χ2n) is 9.08. The Morgan fingerprint density at radius 1 is 0.735 bits per heavy atom. The summed E-state index contributed by atoms with van der Waals surface area (Å²) < 4.78 is 2.33. The summed E-state index contributed by atoms with van der Waals surface area (Å²) >= 11 is 0. The molecule has 1 aromatic heterocycles. The van der Waals surface area contributed by atoms with Crippen molar-refractivity contribution in [2.24, 2.45) is 7.05 Å². The van der Waals surface area contributed by atoms with Gasteiger partial charge in [-0.2, -0.15) is 0 Å². The van der Waals surface area contributed by atoms with Gasteiger partial charge < -0.3 is 14.8 Å². The lowest BCUT2D eigenvalue weighted by Gasteiger charge is -2.24. The number of rotatable bonds is 6. The zero-order valence-electron chi connectivity index (χ0n) is 20.3. The van der Waals surface area contributed by atoms with Gasteiger partial charge in [0.25, 0.3) is 0 Å². The molecule has 5 aromatic rings. The summed E-state index contributed by atoms with van der Waals surface area (Å²) in [5, 5.41) is 5.19. The lowest BCUT2D eigenvalue weighted by molar-refractivity contribution is 0.915. The van der Waals surface area contributed by atoms with Crippen LogP contribution in [0.15, 0.2) is 103 Å². The molecule has 0 spiro atoms. The highest BCUT2D eigenvalue weighted by atomic mass is 15.1. The van der Waals surface area contributed by atoms with E-state index in [1.54, 1.807) is 0 Å².